The van der Waals surface area contributed by atoms with Crippen LogP contribution in [0.4, 0.5) is 5.69 Å². The van der Waals surface area contributed by atoms with Crippen LogP contribution in [0.2, 0.25) is 0 Å². The number of benzene rings is 4. The molecule has 250 valence electrons. The van der Waals surface area contributed by atoms with Crippen molar-refractivity contribution < 1.29 is 28.8 Å². The SMILES string of the molecule is COc1cc(OC)cc([C@@H]2C(C#N)(C#N)[C@@H](c3cc(OC)cc(OC)c3)[C@H](c3ccccc3)[C@@]3(O)C(=O)N(c4ccccc4)C(=N)[C@@]23C#N)c1. The minimum absolute atomic E-state index is 0.170. The van der Waals surface area contributed by atoms with Crippen molar-refractivity contribution in [2.45, 2.75) is 23.4 Å². The second kappa shape index (κ2) is 12.6. The van der Waals surface area contributed by atoms with Crippen LogP contribution < -0.4 is 23.8 Å². The number of carbonyl (C=O) groups excluding carboxylic acids is 1. The van der Waals surface area contributed by atoms with Gasteiger partial charge in [-0.15, -0.1) is 0 Å². The number of fused-ring (bicyclic) bond motifs is 1. The van der Waals surface area contributed by atoms with Gasteiger partial charge in [0, 0.05) is 29.9 Å². The fourth-order valence-corrected chi connectivity index (χ4v) is 7.94. The number of aliphatic hydroxyl groups is 1. The van der Waals surface area contributed by atoms with Gasteiger partial charge in [0.25, 0.3) is 5.91 Å². The number of nitrogens with one attached hydrogen (secondary N) is 1. The molecule has 2 N–H and O–H groups in total. The normalized spacial score (nSPS) is 25.0. The first kappa shape index (κ1) is 33.5. The third kappa shape index (κ3) is 4.50. The van der Waals surface area contributed by atoms with Gasteiger partial charge >= 0.3 is 0 Å². The van der Waals surface area contributed by atoms with E-state index in [0.29, 0.717) is 22.6 Å². The lowest BCUT2D eigenvalue weighted by Gasteiger charge is -2.57. The highest BCUT2D eigenvalue weighted by molar-refractivity contribution is 6.29. The summed E-state index contributed by atoms with van der Waals surface area (Å²) in [7, 11) is 5.75. The van der Waals surface area contributed by atoms with E-state index in [9.17, 15) is 26.3 Å². The van der Waals surface area contributed by atoms with Crippen molar-refractivity contribution in [3.8, 4) is 41.2 Å². The molecule has 1 saturated heterocycles. The summed E-state index contributed by atoms with van der Waals surface area (Å²) in [5, 5.41) is 57.7. The molecular formula is C39H33N5O6. The van der Waals surface area contributed by atoms with Crippen LogP contribution >= 0.6 is 0 Å². The van der Waals surface area contributed by atoms with E-state index in [0.717, 1.165) is 4.90 Å². The molecule has 1 aliphatic heterocycles. The van der Waals surface area contributed by atoms with Crippen LogP contribution in [-0.4, -0.2) is 50.9 Å². The molecule has 5 atom stereocenters. The minimum Gasteiger partial charge on any atom is -0.497 e. The van der Waals surface area contributed by atoms with Crippen molar-refractivity contribution in [3.63, 3.8) is 0 Å². The number of amidine groups is 1. The number of methoxy groups -OCH3 is 4. The lowest BCUT2D eigenvalue weighted by molar-refractivity contribution is -0.154. The zero-order valence-electron chi connectivity index (χ0n) is 27.7. The Kier molecular flexibility index (Phi) is 8.45. The van der Waals surface area contributed by atoms with Crippen LogP contribution in [0.3, 0.4) is 0 Å². The molecule has 1 saturated carbocycles. The minimum atomic E-state index is -2.73. The molecule has 0 radical (unpaired) electrons. The molecular weight excluding hydrogens is 634 g/mol. The van der Waals surface area contributed by atoms with Gasteiger partial charge in [0.2, 0.25) is 0 Å². The first-order valence-corrected chi connectivity index (χ1v) is 15.6. The van der Waals surface area contributed by atoms with E-state index in [1.54, 1.807) is 84.9 Å². The maximum Gasteiger partial charge on any atom is 0.267 e. The Bertz CT molecular complexity index is 2040. The number of ether oxygens (including phenoxy) is 4. The Morgan fingerprint density at radius 2 is 1.12 bits per heavy atom. The summed E-state index contributed by atoms with van der Waals surface area (Å²) in [6, 6.07) is 33.0. The maximum absolute atomic E-state index is 15.2. The van der Waals surface area contributed by atoms with Crippen LogP contribution in [0.15, 0.2) is 97.1 Å². The van der Waals surface area contributed by atoms with Crippen molar-refractivity contribution >= 4 is 17.4 Å². The molecule has 4 aromatic carbocycles. The highest BCUT2D eigenvalue weighted by Crippen LogP contribution is 2.72. The van der Waals surface area contributed by atoms with Crippen LogP contribution in [-0.2, 0) is 4.79 Å². The van der Waals surface area contributed by atoms with Crippen LogP contribution in [0.25, 0.3) is 0 Å². The quantitative estimate of drug-likeness (QED) is 0.240. The van der Waals surface area contributed by atoms with Crippen molar-refractivity contribution in [1.29, 1.82) is 21.2 Å². The number of hydrogen-bond acceptors (Lipinski definition) is 10. The summed E-state index contributed by atoms with van der Waals surface area (Å²) in [6.07, 6.45) is 0. The molecule has 0 spiro atoms. The van der Waals surface area contributed by atoms with Crippen molar-refractivity contribution in [2.24, 2.45) is 10.8 Å². The van der Waals surface area contributed by atoms with Gasteiger partial charge in [-0.05, 0) is 53.1 Å². The summed E-state index contributed by atoms with van der Waals surface area (Å²) in [5.41, 5.74) is -6.38. The number of nitriles is 3. The van der Waals surface area contributed by atoms with E-state index >= 15 is 4.79 Å². The first-order chi connectivity index (χ1) is 24.1. The Labute approximate surface area is 289 Å². The second-order valence-corrected chi connectivity index (χ2v) is 12.2. The Balaban J connectivity index is 1.85. The van der Waals surface area contributed by atoms with Crippen molar-refractivity contribution in [2.75, 3.05) is 33.3 Å². The second-order valence-electron chi connectivity index (χ2n) is 12.2. The van der Waals surface area contributed by atoms with E-state index in [2.05, 4.69) is 18.2 Å². The summed E-state index contributed by atoms with van der Waals surface area (Å²) < 4.78 is 22.3. The molecule has 0 bridgehead atoms. The average Bonchev–Trinajstić information content (AvgIpc) is 3.34. The van der Waals surface area contributed by atoms with E-state index in [-0.39, 0.29) is 22.7 Å². The summed E-state index contributed by atoms with van der Waals surface area (Å²) in [5.74, 6) is -4.71. The standard InChI is InChI=1S/C39H33N5O6/c1-47-28-15-25(16-29(19-28)48-2)32-33(24-11-7-5-8-12-24)39(46)36(45)44(27-13-9-6-10-14-27)35(43)38(39,23-42)34(37(32,21-40)22-41)26-17-30(49-3)20-31(18-26)50-4/h5-20,32-34,43,46H,1-4H3/t32-,33-,34+,38+,39+/m0/s1. The average molecular weight is 668 g/mol. The highest BCUT2D eigenvalue weighted by Gasteiger charge is 2.83. The first-order valence-electron chi connectivity index (χ1n) is 15.6. The third-order valence-electron chi connectivity index (χ3n) is 10.0. The molecule has 6 rings (SSSR count). The number of rotatable bonds is 8. The van der Waals surface area contributed by atoms with Gasteiger partial charge in [-0.25, -0.2) is 0 Å². The van der Waals surface area contributed by atoms with E-state index in [4.69, 9.17) is 18.9 Å². The number of carbonyl (C=O) groups is 1. The predicted octanol–water partition coefficient (Wildman–Crippen LogP) is 5.68. The van der Waals surface area contributed by atoms with Gasteiger partial charge in [-0.2, -0.15) is 15.8 Å². The van der Waals surface area contributed by atoms with E-state index in [1.807, 2.05) is 0 Å². The van der Waals surface area contributed by atoms with Gasteiger partial charge in [-0.1, -0.05) is 48.5 Å². The van der Waals surface area contributed by atoms with E-state index in [1.165, 1.54) is 40.6 Å². The number of hydrogen-bond donors (Lipinski definition) is 2. The Morgan fingerprint density at radius 3 is 1.56 bits per heavy atom. The molecule has 0 aromatic heterocycles. The monoisotopic (exact) mass is 667 g/mol. The summed E-state index contributed by atoms with van der Waals surface area (Å²) >= 11 is 0. The molecule has 0 unspecified atom stereocenters. The third-order valence-corrected chi connectivity index (χ3v) is 10.0. The van der Waals surface area contributed by atoms with Gasteiger partial charge in [0.05, 0.1) is 52.3 Å². The fraction of sp³-hybridized carbons (Fsp3) is 0.256. The van der Waals surface area contributed by atoms with Gasteiger partial charge in [0.1, 0.15) is 28.8 Å². The summed E-state index contributed by atoms with van der Waals surface area (Å²) in [4.78, 5) is 16.2. The van der Waals surface area contributed by atoms with Crippen molar-refractivity contribution in [1.82, 2.24) is 0 Å². The highest BCUT2D eigenvalue weighted by atomic mass is 16.5. The molecule has 1 aliphatic carbocycles. The van der Waals surface area contributed by atoms with Gasteiger partial charge in [0.15, 0.2) is 16.4 Å². The molecule has 2 aliphatic rings. The molecule has 50 heavy (non-hydrogen) atoms. The Hall–Kier alpha value is -6.35. The maximum atomic E-state index is 15.2. The fourth-order valence-electron chi connectivity index (χ4n) is 7.94. The van der Waals surface area contributed by atoms with Gasteiger partial charge in [-0.3, -0.25) is 15.1 Å². The molecule has 11 nitrogen and oxygen atoms in total. The molecule has 1 heterocycles. The molecule has 2 fully saturated rings. The van der Waals surface area contributed by atoms with Crippen molar-refractivity contribution in [3.05, 3.63) is 114 Å². The Morgan fingerprint density at radius 1 is 0.660 bits per heavy atom. The predicted molar refractivity (Wildman–Crippen MR) is 182 cm³/mol. The van der Waals surface area contributed by atoms with Crippen LogP contribution in [0.5, 0.6) is 23.0 Å². The topological polar surface area (TPSA) is 173 Å². The van der Waals surface area contributed by atoms with Crippen LogP contribution in [0.1, 0.15) is 34.4 Å². The molecule has 11 heteroatoms. The zero-order valence-corrected chi connectivity index (χ0v) is 27.7. The molecule has 4 aromatic rings. The van der Waals surface area contributed by atoms with Gasteiger partial charge < -0.3 is 24.1 Å². The number of nitrogens with zero attached hydrogens (tertiary/aromatic N) is 4. The number of anilines is 1. The van der Waals surface area contributed by atoms with Crippen LogP contribution in [0, 0.1) is 50.2 Å². The smallest absolute Gasteiger partial charge is 0.267 e. The number of para-hydroxylation sites is 1. The molecule has 1 amide bonds. The summed E-state index contributed by atoms with van der Waals surface area (Å²) in [6.45, 7) is 0. The van der Waals surface area contributed by atoms with E-state index < -0.39 is 45.9 Å². The number of amides is 1. The zero-order chi connectivity index (χ0) is 35.8. The lowest BCUT2D eigenvalue weighted by atomic mass is 9.40. The lowest BCUT2D eigenvalue weighted by Crippen LogP contribution is -2.67. The largest absolute Gasteiger partial charge is 0.497 e.